The fourth-order valence-electron chi connectivity index (χ4n) is 1.30. The second-order valence-corrected chi connectivity index (χ2v) is 5.26. The van der Waals surface area contributed by atoms with Gasteiger partial charge in [0.2, 0.25) is 5.75 Å². The first-order chi connectivity index (χ1) is 9.01. The molecular formula is C11H5Cl2NO4S. The van der Waals surface area contributed by atoms with Crippen molar-refractivity contribution in [1.82, 2.24) is 0 Å². The van der Waals surface area contributed by atoms with Gasteiger partial charge in [0, 0.05) is 12.1 Å². The Morgan fingerprint density at radius 1 is 1.26 bits per heavy atom. The van der Waals surface area contributed by atoms with Crippen LogP contribution in [0.4, 0.5) is 5.69 Å². The molecule has 1 aromatic carbocycles. The summed E-state index contributed by atoms with van der Waals surface area (Å²) in [4.78, 5) is 21.3. The van der Waals surface area contributed by atoms with Crippen molar-refractivity contribution in [2.45, 2.75) is 0 Å². The van der Waals surface area contributed by atoms with Gasteiger partial charge < -0.3 is 4.74 Å². The van der Waals surface area contributed by atoms with Crippen LogP contribution in [0, 0.1) is 10.1 Å². The molecular weight excluding hydrogens is 313 g/mol. The smallest absolute Gasteiger partial charge is 0.313 e. The summed E-state index contributed by atoms with van der Waals surface area (Å²) in [6, 6.07) is 5.48. The molecule has 2 aromatic rings. The van der Waals surface area contributed by atoms with Crippen LogP contribution in [-0.4, -0.2) is 11.2 Å². The van der Waals surface area contributed by atoms with Crippen molar-refractivity contribution in [3.8, 4) is 10.8 Å². The fraction of sp³-hybridized carbons (Fsp3) is 0. The van der Waals surface area contributed by atoms with E-state index in [9.17, 15) is 14.9 Å². The minimum absolute atomic E-state index is 0.0290. The number of nitro groups is 1. The molecule has 0 N–H and O–H groups in total. The first-order valence-corrected chi connectivity index (χ1v) is 6.45. The van der Waals surface area contributed by atoms with Gasteiger partial charge in [-0.1, -0.05) is 34.5 Å². The summed E-state index contributed by atoms with van der Waals surface area (Å²) in [6.07, 6.45) is 0.667. The number of halogens is 2. The summed E-state index contributed by atoms with van der Waals surface area (Å²) in [5, 5.41) is 11.5. The number of hydrogen-bond donors (Lipinski definition) is 0. The van der Waals surface area contributed by atoms with Crippen LogP contribution in [0.1, 0.15) is 9.67 Å². The van der Waals surface area contributed by atoms with Crippen LogP contribution in [0.5, 0.6) is 10.8 Å². The molecule has 1 aromatic heterocycles. The Kier molecular flexibility index (Phi) is 4.04. The molecule has 0 unspecified atom stereocenters. The van der Waals surface area contributed by atoms with Crippen LogP contribution < -0.4 is 4.74 Å². The molecule has 98 valence electrons. The van der Waals surface area contributed by atoms with Crippen LogP contribution in [0.15, 0.2) is 24.3 Å². The van der Waals surface area contributed by atoms with E-state index in [4.69, 9.17) is 27.9 Å². The number of benzene rings is 1. The van der Waals surface area contributed by atoms with Gasteiger partial charge in [-0.05, 0) is 12.1 Å². The van der Waals surface area contributed by atoms with Crippen molar-refractivity contribution < 1.29 is 14.5 Å². The molecule has 0 aliphatic heterocycles. The summed E-state index contributed by atoms with van der Waals surface area (Å²) in [5.74, 6) is -0.0290. The maximum absolute atomic E-state index is 10.9. The molecule has 0 atom stereocenters. The number of ether oxygens (including phenoxy) is 1. The lowest BCUT2D eigenvalue weighted by atomic mass is 10.3. The maximum atomic E-state index is 10.9. The Labute approximate surface area is 121 Å². The molecule has 0 amide bonds. The number of nitro benzene ring substituents is 1. The standard InChI is InChI=1S/C11H5Cl2NO4S/c12-7-3-9(14(16)17)10(4-8(7)13)18-11-2-1-6(5-15)19-11/h1-5H. The first kappa shape index (κ1) is 13.8. The van der Waals surface area contributed by atoms with E-state index in [1.165, 1.54) is 6.07 Å². The Morgan fingerprint density at radius 3 is 2.53 bits per heavy atom. The van der Waals surface area contributed by atoms with Gasteiger partial charge in [-0.25, -0.2) is 0 Å². The number of carbonyl (C=O) groups is 1. The number of nitrogens with zero attached hydrogens (tertiary/aromatic N) is 1. The molecule has 0 radical (unpaired) electrons. The lowest BCUT2D eigenvalue weighted by Gasteiger charge is -2.05. The number of rotatable bonds is 4. The number of thiophene rings is 1. The van der Waals surface area contributed by atoms with Gasteiger partial charge in [0.05, 0.1) is 19.8 Å². The quantitative estimate of drug-likeness (QED) is 0.470. The van der Waals surface area contributed by atoms with Gasteiger partial charge in [-0.2, -0.15) is 0 Å². The lowest BCUT2D eigenvalue weighted by molar-refractivity contribution is -0.385. The Morgan fingerprint density at radius 2 is 1.95 bits per heavy atom. The molecule has 1 heterocycles. The summed E-state index contributed by atoms with van der Waals surface area (Å²) in [7, 11) is 0. The average molecular weight is 318 g/mol. The van der Waals surface area contributed by atoms with E-state index < -0.39 is 4.92 Å². The highest BCUT2D eigenvalue weighted by Gasteiger charge is 2.19. The van der Waals surface area contributed by atoms with E-state index in [0.717, 1.165) is 17.4 Å². The average Bonchev–Trinajstić information content (AvgIpc) is 2.81. The number of carbonyl (C=O) groups excluding carboxylic acids is 1. The summed E-state index contributed by atoms with van der Waals surface area (Å²) < 4.78 is 5.36. The Bertz CT molecular complexity index is 656. The van der Waals surface area contributed by atoms with Crippen LogP contribution >= 0.6 is 34.5 Å². The Balaban J connectivity index is 2.40. The molecule has 0 saturated carbocycles. The lowest BCUT2D eigenvalue weighted by Crippen LogP contribution is -1.93. The second-order valence-electron chi connectivity index (χ2n) is 3.37. The van der Waals surface area contributed by atoms with E-state index in [1.54, 1.807) is 12.1 Å². The SMILES string of the molecule is O=Cc1ccc(Oc2cc(Cl)c(Cl)cc2[N+](=O)[O-])s1. The van der Waals surface area contributed by atoms with Crippen LogP contribution in [0.25, 0.3) is 0 Å². The van der Waals surface area contributed by atoms with Gasteiger partial charge in [0.1, 0.15) is 0 Å². The van der Waals surface area contributed by atoms with Gasteiger partial charge >= 0.3 is 5.69 Å². The highest BCUT2D eigenvalue weighted by Crippen LogP contribution is 2.39. The maximum Gasteiger partial charge on any atom is 0.313 e. The van der Waals surface area contributed by atoms with E-state index in [-0.39, 0.29) is 21.5 Å². The molecule has 0 aliphatic carbocycles. The number of aldehydes is 1. The predicted molar refractivity (Wildman–Crippen MR) is 72.9 cm³/mol. The normalized spacial score (nSPS) is 10.2. The van der Waals surface area contributed by atoms with Crippen LogP contribution in [-0.2, 0) is 0 Å². The number of hydrogen-bond acceptors (Lipinski definition) is 5. The minimum atomic E-state index is -0.619. The predicted octanol–water partition coefficient (Wildman–Crippen LogP) is 4.57. The first-order valence-electron chi connectivity index (χ1n) is 4.87. The van der Waals surface area contributed by atoms with Crippen molar-refractivity contribution in [2.24, 2.45) is 0 Å². The van der Waals surface area contributed by atoms with Crippen molar-refractivity contribution in [1.29, 1.82) is 0 Å². The second kappa shape index (κ2) is 5.56. The van der Waals surface area contributed by atoms with Gasteiger partial charge in [-0.15, -0.1) is 0 Å². The highest BCUT2D eigenvalue weighted by atomic mass is 35.5. The molecule has 0 saturated heterocycles. The van der Waals surface area contributed by atoms with E-state index >= 15 is 0 Å². The van der Waals surface area contributed by atoms with Gasteiger partial charge in [0.25, 0.3) is 0 Å². The molecule has 8 heteroatoms. The molecule has 0 fully saturated rings. The zero-order valence-corrected chi connectivity index (χ0v) is 11.5. The topological polar surface area (TPSA) is 69.4 Å². The molecule has 2 rings (SSSR count). The molecule has 0 aliphatic rings. The van der Waals surface area contributed by atoms with Gasteiger partial charge in [-0.3, -0.25) is 14.9 Å². The third-order valence-electron chi connectivity index (χ3n) is 2.13. The summed E-state index contributed by atoms with van der Waals surface area (Å²) in [5.41, 5.74) is -0.296. The zero-order valence-electron chi connectivity index (χ0n) is 9.13. The zero-order chi connectivity index (χ0) is 14.0. The third-order valence-corrected chi connectivity index (χ3v) is 3.74. The van der Waals surface area contributed by atoms with Crippen LogP contribution in [0.3, 0.4) is 0 Å². The van der Waals surface area contributed by atoms with Gasteiger partial charge in [0.15, 0.2) is 11.3 Å². The van der Waals surface area contributed by atoms with E-state index in [2.05, 4.69) is 0 Å². The molecule has 0 bridgehead atoms. The van der Waals surface area contributed by atoms with Crippen molar-refractivity contribution in [2.75, 3.05) is 0 Å². The van der Waals surface area contributed by atoms with Crippen molar-refractivity contribution in [3.63, 3.8) is 0 Å². The van der Waals surface area contributed by atoms with E-state index in [0.29, 0.717) is 16.2 Å². The largest absolute Gasteiger partial charge is 0.439 e. The van der Waals surface area contributed by atoms with Crippen molar-refractivity contribution >= 4 is 46.5 Å². The summed E-state index contributed by atoms with van der Waals surface area (Å²) >= 11 is 12.6. The fourth-order valence-corrected chi connectivity index (χ4v) is 2.30. The summed E-state index contributed by atoms with van der Waals surface area (Å²) in [6.45, 7) is 0. The Hall–Kier alpha value is -1.63. The monoisotopic (exact) mass is 317 g/mol. The van der Waals surface area contributed by atoms with Crippen LogP contribution in [0.2, 0.25) is 10.0 Å². The van der Waals surface area contributed by atoms with Crippen molar-refractivity contribution in [3.05, 3.63) is 49.3 Å². The highest BCUT2D eigenvalue weighted by molar-refractivity contribution is 7.15. The minimum Gasteiger partial charge on any atom is -0.439 e. The molecule has 19 heavy (non-hydrogen) atoms. The molecule has 5 nitrogen and oxygen atoms in total. The van der Waals surface area contributed by atoms with E-state index in [1.807, 2.05) is 0 Å². The molecule has 0 spiro atoms. The third kappa shape index (κ3) is 3.04.